The van der Waals surface area contributed by atoms with Crippen molar-refractivity contribution in [2.75, 3.05) is 7.11 Å². The van der Waals surface area contributed by atoms with Crippen LogP contribution in [-0.2, 0) is 0 Å². The Balaban J connectivity index is 0.00000121. The lowest BCUT2D eigenvalue weighted by Gasteiger charge is -1.98. The van der Waals surface area contributed by atoms with Gasteiger partial charge in [-0.05, 0) is 24.3 Å². The maximum Gasteiger partial charge on any atom is 0.221 e. The highest BCUT2D eigenvalue weighted by molar-refractivity contribution is 7.17. The summed E-state index contributed by atoms with van der Waals surface area (Å²) >= 11 is 1.78. The van der Waals surface area contributed by atoms with Gasteiger partial charge in [-0.2, -0.15) is 0 Å². The van der Waals surface area contributed by atoms with Crippen LogP contribution in [0.1, 0.15) is 0 Å². The summed E-state index contributed by atoms with van der Waals surface area (Å²) in [5.41, 5.74) is 3.61. The van der Waals surface area contributed by atoms with Gasteiger partial charge in [0.25, 0.3) is 0 Å². The molecule has 0 atom stereocenters. The second-order valence-corrected chi connectivity index (χ2v) is 5.47. The smallest absolute Gasteiger partial charge is 0.221 e. The maximum atomic E-state index is 5.29. The van der Waals surface area contributed by atoms with E-state index in [0.717, 1.165) is 11.3 Å². The predicted octanol–water partition coefficient (Wildman–Crippen LogP) is 0.986. The van der Waals surface area contributed by atoms with Gasteiger partial charge in [-0.15, -0.1) is 11.3 Å². The molecule has 0 saturated heterocycles. The van der Waals surface area contributed by atoms with Gasteiger partial charge in [-0.1, -0.05) is 12.1 Å². The molecule has 0 radical (unpaired) electrons. The van der Waals surface area contributed by atoms with E-state index >= 15 is 0 Å². The first-order valence-corrected chi connectivity index (χ1v) is 7.04. The van der Waals surface area contributed by atoms with E-state index in [1.54, 1.807) is 18.4 Å². The molecule has 4 rings (SSSR count). The van der Waals surface area contributed by atoms with Crippen LogP contribution in [0, 0.1) is 0 Å². The van der Waals surface area contributed by atoms with Gasteiger partial charge in [0.05, 0.1) is 29.5 Å². The van der Waals surface area contributed by atoms with Crippen molar-refractivity contribution in [2.24, 2.45) is 0 Å². The van der Waals surface area contributed by atoms with Crippen molar-refractivity contribution >= 4 is 32.3 Å². The molecule has 20 heavy (non-hydrogen) atoms. The standard InChI is InChI=1S/C16H11NOS.ClH/c1-18-10-6-7-11-13-9-19-15-5-3-2-4-12(15)16(13)17-14(11)8-10;/h2-9H,1H3;1H. The Morgan fingerprint density at radius 2 is 1.90 bits per heavy atom. The third kappa shape index (κ3) is 1.82. The van der Waals surface area contributed by atoms with Crippen LogP contribution in [0.2, 0.25) is 0 Å². The third-order valence-corrected chi connectivity index (χ3v) is 4.47. The molecule has 0 saturated carbocycles. The molecule has 2 aliphatic heterocycles. The van der Waals surface area contributed by atoms with Crippen LogP contribution in [0.15, 0.2) is 47.8 Å². The largest absolute Gasteiger partial charge is 1.00 e. The van der Waals surface area contributed by atoms with Crippen LogP contribution in [-0.4, -0.2) is 7.11 Å². The Bertz CT molecular complexity index is 871. The first-order valence-electron chi connectivity index (χ1n) is 6.16. The average molecular weight is 302 g/mol. The van der Waals surface area contributed by atoms with Crippen molar-refractivity contribution in [3.8, 4) is 17.0 Å². The molecular formula is C16H12ClNOS. The Hall–Kier alpha value is -1.84. The van der Waals surface area contributed by atoms with E-state index in [-0.39, 0.29) is 12.4 Å². The molecule has 2 aromatic rings. The van der Waals surface area contributed by atoms with Crippen LogP contribution < -0.4 is 22.1 Å². The lowest BCUT2D eigenvalue weighted by atomic mass is 10.1. The number of H-pyrrole nitrogens is 1. The van der Waals surface area contributed by atoms with Crippen LogP contribution in [0.4, 0.5) is 0 Å². The molecule has 100 valence electrons. The zero-order chi connectivity index (χ0) is 12.8. The van der Waals surface area contributed by atoms with Gasteiger partial charge in [0.2, 0.25) is 11.2 Å². The summed E-state index contributed by atoms with van der Waals surface area (Å²) in [5, 5.41) is 4.75. The number of methoxy groups -OCH3 is 1. The molecule has 0 aliphatic carbocycles. The molecule has 2 nitrogen and oxygen atoms in total. The third-order valence-electron chi connectivity index (χ3n) is 3.51. The van der Waals surface area contributed by atoms with E-state index in [2.05, 4.69) is 46.8 Å². The van der Waals surface area contributed by atoms with Crippen molar-refractivity contribution < 1.29 is 22.1 Å². The quantitative estimate of drug-likeness (QED) is 0.514. The maximum absolute atomic E-state index is 5.29. The van der Waals surface area contributed by atoms with Gasteiger partial charge in [-0.3, -0.25) is 0 Å². The van der Waals surface area contributed by atoms with Gasteiger partial charge in [0.1, 0.15) is 5.75 Å². The average Bonchev–Trinajstić information content (AvgIpc) is 2.85. The molecule has 0 bridgehead atoms. The van der Waals surface area contributed by atoms with Crippen LogP contribution in [0.5, 0.6) is 5.75 Å². The van der Waals surface area contributed by atoms with E-state index < -0.39 is 0 Å². The molecule has 2 heterocycles. The van der Waals surface area contributed by atoms with Gasteiger partial charge in [0, 0.05) is 10.1 Å². The second kappa shape index (κ2) is 4.93. The van der Waals surface area contributed by atoms with E-state index in [9.17, 15) is 0 Å². The minimum atomic E-state index is 0. The number of fused-ring (bicyclic) bond motifs is 5. The number of hydrogen-bond donors (Lipinski definition) is 0. The molecule has 0 fully saturated rings. The molecule has 2 aliphatic rings. The predicted molar refractivity (Wildman–Crippen MR) is 79.1 cm³/mol. The molecule has 0 amide bonds. The molecule has 0 unspecified atom stereocenters. The number of aromatic nitrogens is 1. The highest BCUT2D eigenvalue weighted by Crippen LogP contribution is 2.36. The summed E-state index contributed by atoms with van der Waals surface area (Å²) in [6.07, 6.45) is 0. The molecule has 0 spiro atoms. The minimum absolute atomic E-state index is 0. The van der Waals surface area contributed by atoms with Crippen LogP contribution in [0.3, 0.4) is 0 Å². The fourth-order valence-electron chi connectivity index (χ4n) is 2.56. The number of hydrogen-bond acceptors (Lipinski definition) is 2. The molecule has 4 heteroatoms. The summed E-state index contributed by atoms with van der Waals surface area (Å²) in [5.74, 6) is 0.882. The SMILES string of the molecule is COc1ccc2c3csc4ccccc4c-3[nH+]c2c1.[Cl-]. The number of nitrogens with one attached hydrogen (secondary N) is 1. The summed E-state index contributed by atoms with van der Waals surface area (Å²) in [6, 6.07) is 14.7. The van der Waals surface area contributed by atoms with Gasteiger partial charge < -0.3 is 17.1 Å². The first kappa shape index (κ1) is 13.2. The highest BCUT2D eigenvalue weighted by atomic mass is 35.5. The normalized spacial score (nSPS) is 10.8. The summed E-state index contributed by atoms with van der Waals surface area (Å²) in [4.78, 5) is 3.52. The number of ether oxygens (including phenoxy) is 1. The molecule has 0 aromatic heterocycles. The fraction of sp³-hybridized carbons (Fsp3) is 0.0625. The number of halogens is 1. The Kier molecular flexibility index (Phi) is 3.24. The van der Waals surface area contributed by atoms with E-state index in [1.165, 1.54) is 26.7 Å². The first-order chi connectivity index (χ1) is 9.36. The van der Waals surface area contributed by atoms with Crippen LogP contribution in [0.25, 0.3) is 32.2 Å². The molecule has 2 aromatic carbocycles. The Labute approximate surface area is 126 Å². The Morgan fingerprint density at radius 3 is 2.75 bits per heavy atom. The summed E-state index contributed by atoms with van der Waals surface area (Å²) < 4.78 is 6.59. The van der Waals surface area contributed by atoms with Gasteiger partial charge >= 0.3 is 0 Å². The Morgan fingerprint density at radius 1 is 1.05 bits per heavy atom. The van der Waals surface area contributed by atoms with E-state index in [1.807, 2.05) is 6.07 Å². The second-order valence-electron chi connectivity index (χ2n) is 4.56. The minimum Gasteiger partial charge on any atom is -1.00 e. The molecule has 1 N–H and O–H groups in total. The summed E-state index contributed by atoms with van der Waals surface area (Å²) in [7, 11) is 1.70. The van der Waals surface area contributed by atoms with Gasteiger partial charge in [0.15, 0.2) is 0 Å². The van der Waals surface area contributed by atoms with E-state index in [4.69, 9.17) is 4.74 Å². The highest BCUT2D eigenvalue weighted by Gasteiger charge is 2.21. The van der Waals surface area contributed by atoms with Gasteiger partial charge in [-0.25, -0.2) is 4.98 Å². The van der Waals surface area contributed by atoms with Crippen LogP contribution >= 0.6 is 11.3 Å². The number of aromatic amines is 1. The zero-order valence-electron chi connectivity index (χ0n) is 10.8. The zero-order valence-corrected chi connectivity index (χ0v) is 12.4. The van der Waals surface area contributed by atoms with Crippen molar-refractivity contribution in [3.63, 3.8) is 0 Å². The van der Waals surface area contributed by atoms with E-state index in [0.29, 0.717) is 0 Å². The van der Waals surface area contributed by atoms with Crippen molar-refractivity contribution in [1.82, 2.24) is 0 Å². The topological polar surface area (TPSA) is 23.4 Å². The lowest BCUT2D eigenvalue weighted by molar-refractivity contribution is -0.325. The lowest BCUT2D eigenvalue weighted by Crippen LogP contribution is -3.00. The monoisotopic (exact) mass is 301 g/mol. The number of benzene rings is 2. The molecular weight excluding hydrogens is 290 g/mol. The van der Waals surface area contributed by atoms with Crippen molar-refractivity contribution in [2.45, 2.75) is 0 Å². The summed E-state index contributed by atoms with van der Waals surface area (Å²) in [6.45, 7) is 0. The number of rotatable bonds is 1. The van der Waals surface area contributed by atoms with Crippen molar-refractivity contribution in [3.05, 3.63) is 47.8 Å². The van der Waals surface area contributed by atoms with Crippen molar-refractivity contribution in [1.29, 1.82) is 0 Å². The fourth-order valence-corrected chi connectivity index (χ4v) is 3.50.